The number of aliphatic hydroxyl groups is 1. The largest absolute Gasteiger partial charge is 0.393 e. The van der Waals surface area contributed by atoms with Crippen LogP contribution in [0.25, 0.3) is 0 Å². The number of anilines is 3. The fourth-order valence-electron chi connectivity index (χ4n) is 2.48. The molecule has 2 aliphatic carbocycles. The van der Waals surface area contributed by atoms with Gasteiger partial charge in [-0.05, 0) is 38.5 Å². The van der Waals surface area contributed by atoms with Crippen LogP contribution in [0.15, 0.2) is 6.07 Å². The van der Waals surface area contributed by atoms with Crippen molar-refractivity contribution in [2.45, 2.75) is 56.7 Å². The van der Waals surface area contributed by atoms with E-state index in [-0.39, 0.29) is 6.10 Å². The molecule has 5 N–H and O–H groups in total. The number of aliphatic hydroxyl groups excluding tert-OH is 1. The molecular formula is C13H21N5O. The van der Waals surface area contributed by atoms with Crippen molar-refractivity contribution in [3.05, 3.63) is 6.07 Å². The molecule has 0 unspecified atom stereocenters. The SMILES string of the molecule is Nc1nc(NC2CCC(O)CC2)cc(NC2CC2)n1. The lowest BCUT2D eigenvalue weighted by molar-refractivity contribution is 0.126. The first-order valence-corrected chi connectivity index (χ1v) is 7.05. The van der Waals surface area contributed by atoms with Gasteiger partial charge in [-0.15, -0.1) is 0 Å². The molecule has 2 aliphatic rings. The zero-order valence-corrected chi connectivity index (χ0v) is 11.0. The summed E-state index contributed by atoms with van der Waals surface area (Å²) < 4.78 is 0. The summed E-state index contributed by atoms with van der Waals surface area (Å²) in [4.78, 5) is 8.42. The van der Waals surface area contributed by atoms with Gasteiger partial charge in [-0.25, -0.2) is 0 Å². The van der Waals surface area contributed by atoms with Crippen molar-refractivity contribution in [2.75, 3.05) is 16.4 Å². The monoisotopic (exact) mass is 263 g/mol. The predicted molar refractivity (Wildman–Crippen MR) is 75.0 cm³/mol. The summed E-state index contributed by atoms with van der Waals surface area (Å²) in [5, 5.41) is 16.2. The van der Waals surface area contributed by atoms with Crippen molar-refractivity contribution in [3.8, 4) is 0 Å². The van der Waals surface area contributed by atoms with Crippen LogP contribution in [0.1, 0.15) is 38.5 Å². The maximum atomic E-state index is 9.50. The standard InChI is InChI=1S/C13H21N5O/c14-13-17-11(15-8-1-2-8)7-12(18-13)16-9-3-5-10(19)6-4-9/h7-10,19H,1-6H2,(H4,14,15,16,17,18). The summed E-state index contributed by atoms with van der Waals surface area (Å²) in [5.41, 5.74) is 5.74. The molecule has 6 nitrogen and oxygen atoms in total. The number of hydrogen-bond donors (Lipinski definition) is 4. The van der Waals surface area contributed by atoms with E-state index in [9.17, 15) is 5.11 Å². The molecule has 3 rings (SSSR count). The maximum absolute atomic E-state index is 9.50. The fourth-order valence-corrected chi connectivity index (χ4v) is 2.48. The Morgan fingerprint density at radius 1 is 0.947 bits per heavy atom. The average Bonchev–Trinajstić information content (AvgIpc) is 3.15. The second kappa shape index (κ2) is 5.21. The Bertz CT molecular complexity index is 441. The molecule has 0 spiro atoms. The van der Waals surface area contributed by atoms with E-state index in [1.807, 2.05) is 6.07 Å². The molecule has 0 radical (unpaired) electrons. The molecule has 2 fully saturated rings. The smallest absolute Gasteiger partial charge is 0.223 e. The molecule has 0 aromatic carbocycles. The first-order chi connectivity index (χ1) is 9.19. The van der Waals surface area contributed by atoms with Crippen LogP contribution in [-0.4, -0.2) is 33.3 Å². The van der Waals surface area contributed by atoms with Crippen molar-refractivity contribution in [2.24, 2.45) is 0 Å². The highest BCUT2D eigenvalue weighted by Gasteiger charge is 2.22. The molecule has 1 aromatic rings. The van der Waals surface area contributed by atoms with Crippen LogP contribution in [0.3, 0.4) is 0 Å². The van der Waals surface area contributed by atoms with Crippen LogP contribution in [0.5, 0.6) is 0 Å². The van der Waals surface area contributed by atoms with E-state index in [0.717, 1.165) is 37.3 Å². The minimum absolute atomic E-state index is 0.138. The summed E-state index contributed by atoms with van der Waals surface area (Å²) in [7, 11) is 0. The average molecular weight is 263 g/mol. The first-order valence-electron chi connectivity index (χ1n) is 7.05. The van der Waals surface area contributed by atoms with Gasteiger partial charge in [0.1, 0.15) is 11.6 Å². The van der Waals surface area contributed by atoms with Crippen LogP contribution in [0, 0.1) is 0 Å². The molecule has 1 aromatic heterocycles. The molecule has 0 saturated heterocycles. The van der Waals surface area contributed by atoms with Gasteiger partial charge in [0, 0.05) is 18.2 Å². The second-order valence-corrected chi connectivity index (χ2v) is 5.57. The van der Waals surface area contributed by atoms with Crippen LogP contribution in [0.2, 0.25) is 0 Å². The highest BCUT2D eigenvalue weighted by atomic mass is 16.3. The number of nitrogens with one attached hydrogen (secondary N) is 2. The van der Waals surface area contributed by atoms with Gasteiger partial charge in [0.2, 0.25) is 5.95 Å². The van der Waals surface area contributed by atoms with Gasteiger partial charge in [-0.1, -0.05) is 0 Å². The number of aromatic nitrogens is 2. The minimum Gasteiger partial charge on any atom is -0.393 e. The van der Waals surface area contributed by atoms with Crippen LogP contribution in [0.4, 0.5) is 17.6 Å². The molecule has 0 atom stereocenters. The first kappa shape index (κ1) is 12.5. The van der Waals surface area contributed by atoms with E-state index < -0.39 is 0 Å². The quantitative estimate of drug-likeness (QED) is 0.655. The Morgan fingerprint density at radius 3 is 1.89 bits per heavy atom. The fraction of sp³-hybridized carbons (Fsp3) is 0.692. The number of rotatable bonds is 4. The molecule has 2 saturated carbocycles. The van der Waals surface area contributed by atoms with Crippen molar-refractivity contribution >= 4 is 17.6 Å². The van der Waals surface area contributed by atoms with Crippen molar-refractivity contribution in [3.63, 3.8) is 0 Å². The lowest BCUT2D eigenvalue weighted by atomic mass is 9.93. The summed E-state index contributed by atoms with van der Waals surface area (Å²) in [6.07, 6.45) is 5.91. The summed E-state index contributed by atoms with van der Waals surface area (Å²) >= 11 is 0. The Hall–Kier alpha value is -1.56. The minimum atomic E-state index is -0.138. The Morgan fingerprint density at radius 2 is 1.42 bits per heavy atom. The number of nitrogens with zero attached hydrogens (tertiary/aromatic N) is 2. The lowest BCUT2D eigenvalue weighted by Gasteiger charge is -2.26. The van der Waals surface area contributed by atoms with Crippen molar-refractivity contribution < 1.29 is 5.11 Å². The van der Waals surface area contributed by atoms with Gasteiger partial charge < -0.3 is 21.5 Å². The van der Waals surface area contributed by atoms with Crippen LogP contribution in [-0.2, 0) is 0 Å². The molecular weight excluding hydrogens is 242 g/mol. The predicted octanol–water partition coefficient (Wildman–Crippen LogP) is 1.35. The summed E-state index contributed by atoms with van der Waals surface area (Å²) in [6, 6.07) is 2.83. The van der Waals surface area contributed by atoms with Gasteiger partial charge in [-0.3, -0.25) is 0 Å². The van der Waals surface area contributed by atoms with E-state index >= 15 is 0 Å². The third-order valence-corrected chi connectivity index (χ3v) is 3.72. The van der Waals surface area contributed by atoms with E-state index in [0.29, 0.717) is 18.0 Å². The molecule has 104 valence electrons. The summed E-state index contributed by atoms with van der Waals surface area (Å²) in [6.45, 7) is 0. The molecule has 19 heavy (non-hydrogen) atoms. The highest BCUT2D eigenvalue weighted by molar-refractivity contribution is 5.52. The van der Waals surface area contributed by atoms with Gasteiger partial charge in [0.25, 0.3) is 0 Å². The number of nitrogen functional groups attached to an aromatic ring is 1. The van der Waals surface area contributed by atoms with E-state index in [1.165, 1.54) is 12.8 Å². The van der Waals surface area contributed by atoms with Crippen molar-refractivity contribution in [1.82, 2.24) is 9.97 Å². The Kier molecular flexibility index (Phi) is 3.42. The normalized spacial score (nSPS) is 27.0. The molecule has 0 aliphatic heterocycles. The zero-order valence-electron chi connectivity index (χ0n) is 11.0. The number of nitrogens with two attached hydrogens (primary N) is 1. The van der Waals surface area contributed by atoms with Gasteiger partial charge in [0.05, 0.1) is 6.10 Å². The molecule has 0 bridgehead atoms. The number of hydrogen-bond acceptors (Lipinski definition) is 6. The van der Waals surface area contributed by atoms with E-state index in [1.54, 1.807) is 0 Å². The zero-order chi connectivity index (χ0) is 13.2. The maximum Gasteiger partial charge on any atom is 0.223 e. The molecule has 0 amide bonds. The third kappa shape index (κ3) is 3.47. The molecule has 1 heterocycles. The molecule has 6 heteroatoms. The summed E-state index contributed by atoms with van der Waals surface area (Å²) in [5.74, 6) is 1.87. The Balaban J connectivity index is 1.64. The van der Waals surface area contributed by atoms with Crippen LogP contribution < -0.4 is 16.4 Å². The second-order valence-electron chi connectivity index (χ2n) is 5.57. The van der Waals surface area contributed by atoms with Crippen LogP contribution >= 0.6 is 0 Å². The van der Waals surface area contributed by atoms with Gasteiger partial charge in [-0.2, -0.15) is 9.97 Å². The third-order valence-electron chi connectivity index (χ3n) is 3.72. The van der Waals surface area contributed by atoms with Gasteiger partial charge >= 0.3 is 0 Å². The van der Waals surface area contributed by atoms with Crippen molar-refractivity contribution in [1.29, 1.82) is 0 Å². The van der Waals surface area contributed by atoms with E-state index in [4.69, 9.17) is 5.73 Å². The highest BCUT2D eigenvalue weighted by Crippen LogP contribution is 2.26. The Labute approximate surface area is 112 Å². The van der Waals surface area contributed by atoms with E-state index in [2.05, 4.69) is 20.6 Å². The topological polar surface area (TPSA) is 96.1 Å². The lowest BCUT2D eigenvalue weighted by Crippen LogP contribution is -2.28. The van der Waals surface area contributed by atoms with Gasteiger partial charge in [0.15, 0.2) is 0 Å².